The fraction of sp³-hybridized carbons (Fsp3) is 0.182. The predicted octanol–water partition coefficient (Wildman–Crippen LogP) is 2.50. The third kappa shape index (κ3) is 2.98. The average molecular weight is 329 g/mol. The van der Waals surface area contributed by atoms with E-state index >= 15 is 0 Å². The van der Waals surface area contributed by atoms with Gasteiger partial charge in [0.2, 0.25) is 5.95 Å². The minimum Gasteiger partial charge on any atom is -0.331 e. The second-order valence-corrected chi connectivity index (χ2v) is 6.29. The number of H-pyrrole nitrogens is 1. The first-order valence-electron chi connectivity index (χ1n) is 5.23. The van der Waals surface area contributed by atoms with Gasteiger partial charge in [-0.2, -0.15) is 0 Å². The molecule has 96 valence electrons. The van der Waals surface area contributed by atoms with Gasteiger partial charge in [-0.25, -0.2) is 13.5 Å². The van der Waals surface area contributed by atoms with E-state index < -0.39 is 11.0 Å². The maximum absolute atomic E-state index is 12.1. The van der Waals surface area contributed by atoms with E-state index in [-0.39, 0.29) is 0 Å². The highest BCUT2D eigenvalue weighted by atomic mass is 79.9. The highest BCUT2D eigenvalue weighted by Crippen LogP contribution is 2.26. The molecule has 1 atom stereocenters. The molecule has 1 heterocycles. The summed E-state index contributed by atoms with van der Waals surface area (Å²) in [4.78, 5) is 7.75. The van der Waals surface area contributed by atoms with Crippen LogP contribution in [0.15, 0.2) is 40.0 Å². The summed E-state index contributed by atoms with van der Waals surface area (Å²) in [5, 5.41) is 3.10. The molecular weight excluding hydrogens is 316 g/mol. The summed E-state index contributed by atoms with van der Waals surface area (Å²) < 4.78 is 14.5. The van der Waals surface area contributed by atoms with Crippen LogP contribution in [-0.4, -0.2) is 32.6 Å². The molecule has 0 saturated carbocycles. The number of rotatable bonds is 4. The molecule has 0 bridgehead atoms. The van der Waals surface area contributed by atoms with Crippen molar-refractivity contribution in [2.75, 3.05) is 19.4 Å². The van der Waals surface area contributed by atoms with Gasteiger partial charge in [-0.1, -0.05) is 0 Å². The highest BCUT2D eigenvalue weighted by molar-refractivity contribution is 9.10. The van der Waals surface area contributed by atoms with Crippen LogP contribution in [0, 0.1) is 0 Å². The largest absolute Gasteiger partial charge is 0.331 e. The van der Waals surface area contributed by atoms with Gasteiger partial charge in [0.1, 0.15) is 11.0 Å². The van der Waals surface area contributed by atoms with Crippen LogP contribution in [0.5, 0.6) is 0 Å². The molecule has 1 aromatic heterocycles. The van der Waals surface area contributed by atoms with E-state index in [0.29, 0.717) is 5.95 Å². The molecule has 0 aliphatic rings. The summed E-state index contributed by atoms with van der Waals surface area (Å²) in [7, 11) is 2.36. The highest BCUT2D eigenvalue weighted by Gasteiger charge is 2.11. The van der Waals surface area contributed by atoms with Crippen molar-refractivity contribution in [2.45, 2.75) is 4.90 Å². The molecule has 1 unspecified atom stereocenters. The van der Waals surface area contributed by atoms with Crippen molar-refractivity contribution in [1.82, 2.24) is 14.3 Å². The van der Waals surface area contributed by atoms with Gasteiger partial charge in [0.25, 0.3) is 0 Å². The summed E-state index contributed by atoms with van der Waals surface area (Å²) >= 11 is 3.41. The Bertz CT molecular complexity index is 556. The van der Waals surface area contributed by atoms with Gasteiger partial charge in [0.05, 0.1) is 4.90 Å². The Morgan fingerprint density at radius 1 is 1.44 bits per heavy atom. The van der Waals surface area contributed by atoms with Gasteiger partial charge >= 0.3 is 0 Å². The molecule has 0 aliphatic heterocycles. The average Bonchev–Trinajstić information content (AvgIpc) is 2.83. The second kappa shape index (κ2) is 5.64. The summed E-state index contributed by atoms with van der Waals surface area (Å²) in [5.74, 6) is 0.652. The molecule has 0 spiro atoms. The maximum atomic E-state index is 12.1. The minimum absolute atomic E-state index is 0.652. The van der Waals surface area contributed by atoms with Crippen LogP contribution in [0.1, 0.15) is 0 Å². The van der Waals surface area contributed by atoms with Crippen molar-refractivity contribution in [3.63, 3.8) is 0 Å². The van der Waals surface area contributed by atoms with Gasteiger partial charge in [-0.15, -0.1) is 0 Å². The number of anilines is 2. The van der Waals surface area contributed by atoms with Crippen molar-refractivity contribution in [3.8, 4) is 0 Å². The molecule has 0 saturated heterocycles. The van der Waals surface area contributed by atoms with Crippen LogP contribution in [0.2, 0.25) is 0 Å². The number of nitrogens with zero attached hydrogens (tertiary/aromatic N) is 2. The number of benzene rings is 1. The number of aromatic amines is 1. The lowest BCUT2D eigenvalue weighted by Crippen LogP contribution is -2.15. The number of hydrogen-bond donors (Lipinski definition) is 2. The fourth-order valence-electron chi connectivity index (χ4n) is 1.38. The third-order valence-electron chi connectivity index (χ3n) is 2.21. The quantitative estimate of drug-likeness (QED) is 0.906. The van der Waals surface area contributed by atoms with E-state index in [0.717, 1.165) is 15.1 Å². The van der Waals surface area contributed by atoms with Crippen LogP contribution in [0.3, 0.4) is 0 Å². The number of nitrogens with one attached hydrogen (secondary N) is 2. The summed E-state index contributed by atoms with van der Waals surface area (Å²) in [6.45, 7) is 0. The van der Waals surface area contributed by atoms with Crippen LogP contribution >= 0.6 is 15.9 Å². The normalized spacial score (nSPS) is 12.7. The van der Waals surface area contributed by atoms with Crippen LogP contribution in [0.4, 0.5) is 11.6 Å². The van der Waals surface area contributed by atoms with Crippen molar-refractivity contribution >= 4 is 38.6 Å². The molecule has 0 aliphatic carbocycles. The molecule has 18 heavy (non-hydrogen) atoms. The van der Waals surface area contributed by atoms with E-state index in [2.05, 4.69) is 31.2 Å². The smallest absolute Gasteiger partial charge is 0.204 e. The topological polar surface area (TPSA) is 61.0 Å². The van der Waals surface area contributed by atoms with E-state index in [1.807, 2.05) is 18.2 Å². The molecule has 5 nitrogen and oxygen atoms in total. The van der Waals surface area contributed by atoms with Crippen molar-refractivity contribution in [3.05, 3.63) is 35.1 Å². The Morgan fingerprint density at radius 3 is 2.83 bits per heavy atom. The molecule has 2 N–H and O–H groups in total. The Morgan fingerprint density at radius 2 is 2.22 bits per heavy atom. The molecule has 0 fully saturated rings. The first kappa shape index (κ1) is 13.3. The molecule has 1 aromatic carbocycles. The monoisotopic (exact) mass is 328 g/mol. The zero-order chi connectivity index (χ0) is 13.1. The first-order valence-corrected chi connectivity index (χ1v) is 7.13. The van der Waals surface area contributed by atoms with E-state index in [1.165, 1.54) is 0 Å². The molecule has 7 heteroatoms. The van der Waals surface area contributed by atoms with E-state index in [4.69, 9.17) is 0 Å². The Hall–Kier alpha value is -1.18. The van der Waals surface area contributed by atoms with Crippen LogP contribution in [0.25, 0.3) is 0 Å². The first-order chi connectivity index (χ1) is 8.58. The number of hydrogen-bond acceptors (Lipinski definition) is 3. The van der Waals surface area contributed by atoms with Gasteiger partial charge < -0.3 is 10.3 Å². The zero-order valence-electron chi connectivity index (χ0n) is 9.98. The zero-order valence-corrected chi connectivity index (χ0v) is 12.4. The van der Waals surface area contributed by atoms with E-state index in [9.17, 15) is 4.21 Å². The van der Waals surface area contributed by atoms with Gasteiger partial charge in [0.15, 0.2) is 0 Å². The van der Waals surface area contributed by atoms with Gasteiger partial charge in [-0.05, 0) is 48.2 Å². The summed E-state index contributed by atoms with van der Waals surface area (Å²) in [5.41, 5.74) is 0.832. The standard InChI is InChI=1S/C11H13BrN4OS/c1-16(2)18(17)10-7-8(3-4-9(10)12)15-11-13-5-6-14-11/h3-7H,1-2H3,(H2,13,14,15). The predicted molar refractivity (Wildman–Crippen MR) is 76.1 cm³/mol. The Balaban J connectivity index is 2.29. The minimum atomic E-state index is -1.19. The van der Waals surface area contributed by atoms with Crippen molar-refractivity contribution < 1.29 is 4.21 Å². The SMILES string of the molecule is CN(C)S(=O)c1cc(Nc2ncc[nH]2)ccc1Br. The number of halogens is 1. The van der Waals surface area contributed by atoms with Gasteiger partial charge in [-0.3, -0.25) is 0 Å². The summed E-state index contributed by atoms with van der Waals surface area (Å²) in [6.07, 6.45) is 3.40. The molecule has 0 amide bonds. The lowest BCUT2D eigenvalue weighted by atomic mass is 10.3. The maximum Gasteiger partial charge on any atom is 0.204 e. The molecule has 0 radical (unpaired) electrons. The van der Waals surface area contributed by atoms with Gasteiger partial charge in [0, 0.05) is 22.6 Å². The number of aromatic nitrogens is 2. The Labute approximate surface area is 116 Å². The van der Waals surface area contributed by atoms with Crippen molar-refractivity contribution in [1.29, 1.82) is 0 Å². The van der Waals surface area contributed by atoms with Crippen LogP contribution in [-0.2, 0) is 11.0 Å². The molecular formula is C11H13BrN4OS. The van der Waals surface area contributed by atoms with Crippen molar-refractivity contribution in [2.24, 2.45) is 0 Å². The second-order valence-electron chi connectivity index (χ2n) is 3.77. The lowest BCUT2D eigenvalue weighted by molar-refractivity contribution is 0.602. The fourth-order valence-corrected chi connectivity index (χ4v) is 2.90. The number of imidazole rings is 1. The van der Waals surface area contributed by atoms with Crippen LogP contribution < -0.4 is 5.32 Å². The Kier molecular flexibility index (Phi) is 4.15. The van der Waals surface area contributed by atoms with E-state index in [1.54, 1.807) is 30.8 Å². The molecule has 2 aromatic rings. The third-order valence-corrected chi connectivity index (χ3v) is 4.54. The molecule has 2 rings (SSSR count). The lowest BCUT2D eigenvalue weighted by Gasteiger charge is -2.12. The summed E-state index contributed by atoms with van der Waals surface area (Å²) in [6, 6.07) is 5.59.